The summed E-state index contributed by atoms with van der Waals surface area (Å²) in [5.74, 6) is -1.69. The summed E-state index contributed by atoms with van der Waals surface area (Å²) < 4.78 is 0. The van der Waals surface area contributed by atoms with Gasteiger partial charge in [0.1, 0.15) is 11.3 Å². The summed E-state index contributed by atoms with van der Waals surface area (Å²) in [7, 11) is 0. The molecule has 0 aliphatic carbocycles. The van der Waals surface area contributed by atoms with Crippen LogP contribution < -0.4 is 11.1 Å². The number of nitrogens with two attached hydrogens (primary N) is 1. The van der Waals surface area contributed by atoms with Gasteiger partial charge < -0.3 is 16.2 Å². The van der Waals surface area contributed by atoms with Crippen molar-refractivity contribution in [3.8, 4) is 16.9 Å². The highest BCUT2D eigenvalue weighted by atomic mass is 35.5. The number of nitrogens with one attached hydrogen (secondary N) is 1. The molecule has 0 saturated heterocycles. The van der Waals surface area contributed by atoms with Crippen molar-refractivity contribution >= 4 is 23.4 Å². The Labute approximate surface area is 138 Å². The maximum atomic E-state index is 12.1. The maximum absolute atomic E-state index is 12.1. The molecule has 0 spiro atoms. The predicted octanol–water partition coefficient (Wildman–Crippen LogP) is 2.10. The van der Waals surface area contributed by atoms with E-state index >= 15 is 0 Å². The largest absolute Gasteiger partial charge is 0.505 e. The van der Waals surface area contributed by atoms with E-state index in [0.717, 1.165) is 5.56 Å². The first-order valence-corrected chi connectivity index (χ1v) is 7.16. The summed E-state index contributed by atoms with van der Waals surface area (Å²) >= 11 is 5.93. The van der Waals surface area contributed by atoms with E-state index in [1.54, 1.807) is 24.3 Å². The van der Waals surface area contributed by atoms with Crippen LogP contribution in [0.2, 0.25) is 5.02 Å². The summed E-state index contributed by atoms with van der Waals surface area (Å²) in [6.45, 7) is 2.93. The molecule has 6 nitrogen and oxygen atoms in total. The summed E-state index contributed by atoms with van der Waals surface area (Å²) in [4.78, 5) is 27.4. The number of aromatic hydroxyl groups is 1. The van der Waals surface area contributed by atoms with Crippen molar-refractivity contribution in [1.29, 1.82) is 0 Å². The number of carbonyl (C=O) groups is 2. The smallest absolute Gasteiger partial charge is 0.274 e. The number of nitrogens with zero attached hydrogens (tertiary/aromatic N) is 1. The zero-order valence-electron chi connectivity index (χ0n) is 12.6. The van der Waals surface area contributed by atoms with E-state index in [-0.39, 0.29) is 11.4 Å². The molecule has 1 aromatic carbocycles. The Balaban J connectivity index is 2.29. The molecular formula is C16H16ClN3O3. The van der Waals surface area contributed by atoms with Crippen molar-refractivity contribution in [1.82, 2.24) is 10.3 Å². The topological polar surface area (TPSA) is 105 Å². The lowest BCUT2D eigenvalue weighted by atomic mass is 10.0. The molecule has 0 fully saturated rings. The Morgan fingerprint density at radius 1 is 1.26 bits per heavy atom. The molecule has 0 saturated carbocycles. The maximum Gasteiger partial charge on any atom is 0.274 e. The fraction of sp³-hybridized carbons (Fsp3) is 0.188. The van der Waals surface area contributed by atoms with Gasteiger partial charge >= 0.3 is 0 Å². The van der Waals surface area contributed by atoms with Crippen LogP contribution in [0.3, 0.4) is 0 Å². The van der Waals surface area contributed by atoms with E-state index < -0.39 is 17.4 Å². The zero-order valence-corrected chi connectivity index (χ0v) is 13.4. The van der Waals surface area contributed by atoms with Crippen LogP contribution in [-0.2, 0) is 4.79 Å². The Hall–Kier alpha value is -2.60. The van der Waals surface area contributed by atoms with Gasteiger partial charge in [0.25, 0.3) is 5.91 Å². The Morgan fingerprint density at radius 2 is 1.96 bits per heavy atom. The van der Waals surface area contributed by atoms with Gasteiger partial charge in [0.05, 0.1) is 0 Å². The summed E-state index contributed by atoms with van der Waals surface area (Å²) in [6, 6.07) is 8.42. The van der Waals surface area contributed by atoms with Crippen LogP contribution in [0.1, 0.15) is 24.3 Å². The molecule has 0 aliphatic heterocycles. The lowest BCUT2D eigenvalue weighted by Gasteiger charge is -2.22. The molecule has 23 heavy (non-hydrogen) atoms. The van der Waals surface area contributed by atoms with Crippen LogP contribution in [0.15, 0.2) is 36.5 Å². The fourth-order valence-electron chi connectivity index (χ4n) is 1.86. The second-order valence-corrected chi connectivity index (χ2v) is 5.98. The molecular weight excluding hydrogens is 318 g/mol. The van der Waals surface area contributed by atoms with Crippen molar-refractivity contribution in [3.63, 3.8) is 0 Å². The molecule has 0 atom stereocenters. The minimum atomic E-state index is -1.25. The molecule has 120 valence electrons. The van der Waals surface area contributed by atoms with Crippen LogP contribution in [0, 0.1) is 0 Å². The molecule has 2 rings (SSSR count). The number of rotatable bonds is 4. The summed E-state index contributed by atoms with van der Waals surface area (Å²) in [5.41, 5.74) is 5.12. The standard InChI is InChI=1S/C16H16ClN3O3/c1-16(2,15(18)23)20-14(22)13-12(21)7-10(8-19-13)9-4-3-5-11(17)6-9/h3-8,21H,1-2H3,(H2,18,23)(H,20,22). The van der Waals surface area contributed by atoms with Gasteiger partial charge in [-0.25, -0.2) is 4.98 Å². The monoisotopic (exact) mass is 333 g/mol. The number of aromatic nitrogens is 1. The SMILES string of the molecule is CC(C)(NC(=O)c1ncc(-c2cccc(Cl)c2)cc1O)C(N)=O. The highest BCUT2D eigenvalue weighted by Gasteiger charge is 2.28. The Morgan fingerprint density at radius 3 is 2.52 bits per heavy atom. The quantitative estimate of drug-likeness (QED) is 0.796. The van der Waals surface area contributed by atoms with E-state index in [2.05, 4.69) is 10.3 Å². The highest BCUT2D eigenvalue weighted by molar-refractivity contribution is 6.30. The van der Waals surface area contributed by atoms with E-state index in [4.69, 9.17) is 17.3 Å². The first kappa shape index (κ1) is 16.8. The number of benzene rings is 1. The Kier molecular flexibility index (Phi) is 4.56. The fourth-order valence-corrected chi connectivity index (χ4v) is 2.05. The third-order valence-corrected chi connectivity index (χ3v) is 3.52. The normalized spacial score (nSPS) is 11.1. The van der Waals surface area contributed by atoms with Crippen molar-refractivity contribution in [2.45, 2.75) is 19.4 Å². The number of hydrogen-bond donors (Lipinski definition) is 3. The number of amides is 2. The minimum Gasteiger partial charge on any atom is -0.505 e. The molecule has 1 heterocycles. The number of carbonyl (C=O) groups excluding carboxylic acids is 2. The van der Waals surface area contributed by atoms with Crippen LogP contribution in [0.5, 0.6) is 5.75 Å². The number of pyridine rings is 1. The second-order valence-electron chi connectivity index (χ2n) is 5.55. The lowest BCUT2D eigenvalue weighted by Crippen LogP contribution is -2.53. The molecule has 4 N–H and O–H groups in total. The van der Waals surface area contributed by atoms with Crippen LogP contribution in [-0.4, -0.2) is 27.4 Å². The molecule has 2 aromatic rings. The number of hydrogen-bond acceptors (Lipinski definition) is 4. The van der Waals surface area contributed by atoms with Gasteiger partial charge in [-0.3, -0.25) is 9.59 Å². The average molecular weight is 334 g/mol. The van der Waals surface area contributed by atoms with E-state index in [1.165, 1.54) is 26.1 Å². The van der Waals surface area contributed by atoms with Gasteiger partial charge in [0.2, 0.25) is 5.91 Å². The Bertz CT molecular complexity index is 775. The average Bonchev–Trinajstić information content (AvgIpc) is 2.46. The van der Waals surface area contributed by atoms with Crippen LogP contribution in [0.25, 0.3) is 11.1 Å². The van der Waals surface area contributed by atoms with Crippen molar-refractivity contribution < 1.29 is 14.7 Å². The van der Waals surface area contributed by atoms with E-state index in [9.17, 15) is 14.7 Å². The van der Waals surface area contributed by atoms with E-state index in [1.807, 2.05) is 0 Å². The second kappa shape index (κ2) is 6.26. The number of halogens is 1. The third-order valence-electron chi connectivity index (χ3n) is 3.28. The molecule has 0 radical (unpaired) electrons. The van der Waals surface area contributed by atoms with Crippen molar-refractivity contribution in [3.05, 3.63) is 47.2 Å². The van der Waals surface area contributed by atoms with Gasteiger partial charge in [0, 0.05) is 16.8 Å². The van der Waals surface area contributed by atoms with Gasteiger partial charge in [0.15, 0.2) is 5.69 Å². The molecule has 7 heteroatoms. The van der Waals surface area contributed by atoms with Crippen LogP contribution in [0.4, 0.5) is 0 Å². The van der Waals surface area contributed by atoms with E-state index in [0.29, 0.717) is 10.6 Å². The molecule has 1 aromatic heterocycles. The summed E-state index contributed by atoms with van der Waals surface area (Å²) in [6.07, 6.45) is 1.44. The predicted molar refractivity (Wildman–Crippen MR) is 87.1 cm³/mol. The van der Waals surface area contributed by atoms with Crippen LogP contribution >= 0.6 is 11.6 Å². The van der Waals surface area contributed by atoms with Crippen molar-refractivity contribution in [2.75, 3.05) is 0 Å². The first-order valence-electron chi connectivity index (χ1n) is 6.78. The van der Waals surface area contributed by atoms with Gasteiger partial charge in [-0.1, -0.05) is 23.7 Å². The first-order chi connectivity index (χ1) is 10.7. The zero-order chi connectivity index (χ0) is 17.2. The summed E-state index contributed by atoms with van der Waals surface area (Å²) in [5, 5.41) is 13.0. The number of primary amides is 1. The molecule has 0 unspecified atom stereocenters. The lowest BCUT2D eigenvalue weighted by molar-refractivity contribution is -0.122. The van der Waals surface area contributed by atoms with Gasteiger partial charge in [-0.05, 0) is 37.6 Å². The molecule has 2 amide bonds. The third kappa shape index (κ3) is 3.78. The minimum absolute atomic E-state index is 0.190. The highest BCUT2D eigenvalue weighted by Crippen LogP contribution is 2.26. The van der Waals surface area contributed by atoms with Gasteiger partial charge in [-0.15, -0.1) is 0 Å². The van der Waals surface area contributed by atoms with Gasteiger partial charge in [-0.2, -0.15) is 0 Å². The molecule has 0 aliphatic rings. The molecule has 0 bridgehead atoms. The van der Waals surface area contributed by atoms with Crippen molar-refractivity contribution in [2.24, 2.45) is 5.73 Å².